The standard InChI is InChI=1S/C11H14Br2O4/c1-6(14)16-10-8(12)4-5-9(13)11(10,3)17-7(2)15/h4-5,8-10H,1-3H3/t8-,9-,10+,11+/m0/s1. The molecule has 1 rings (SSSR count). The number of halogens is 2. The molecule has 96 valence electrons. The minimum absolute atomic E-state index is 0.190. The van der Waals surface area contributed by atoms with E-state index in [2.05, 4.69) is 31.9 Å². The van der Waals surface area contributed by atoms with Crippen LogP contribution in [-0.4, -0.2) is 33.3 Å². The molecular formula is C11H14Br2O4. The molecule has 0 aromatic rings. The van der Waals surface area contributed by atoms with Gasteiger partial charge in [-0.15, -0.1) is 0 Å². The molecule has 0 amide bonds. The number of alkyl halides is 2. The van der Waals surface area contributed by atoms with Crippen LogP contribution in [0.25, 0.3) is 0 Å². The predicted molar refractivity (Wildman–Crippen MR) is 70.3 cm³/mol. The average molecular weight is 370 g/mol. The van der Waals surface area contributed by atoms with Gasteiger partial charge in [0, 0.05) is 13.8 Å². The van der Waals surface area contributed by atoms with Gasteiger partial charge in [0.1, 0.15) is 0 Å². The Labute approximate surface area is 117 Å². The normalized spacial score (nSPS) is 36.4. The van der Waals surface area contributed by atoms with Crippen LogP contribution in [0, 0.1) is 0 Å². The molecule has 0 bridgehead atoms. The zero-order valence-electron chi connectivity index (χ0n) is 9.78. The highest BCUT2D eigenvalue weighted by atomic mass is 79.9. The largest absolute Gasteiger partial charge is 0.457 e. The minimum atomic E-state index is -0.930. The summed E-state index contributed by atoms with van der Waals surface area (Å²) in [6.45, 7) is 4.39. The second-order valence-corrected chi connectivity index (χ2v) is 6.08. The Balaban J connectivity index is 3.04. The fourth-order valence-electron chi connectivity index (χ4n) is 1.75. The van der Waals surface area contributed by atoms with Gasteiger partial charge in [0.2, 0.25) is 0 Å². The van der Waals surface area contributed by atoms with Crippen molar-refractivity contribution >= 4 is 43.8 Å². The summed E-state index contributed by atoms with van der Waals surface area (Å²) in [5, 5.41) is 0. The van der Waals surface area contributed by atoms with Gasteiger partial charge in [-0.1, -0.05) is 44.0 Å². The molecule has 0 spiro atoms. The quantitative estimate of drug-likeness (QED) is 0.426. The number of rotatable bonds is 2. The third-order valence-corrected chi connectivity index (χ3v) is 4.52. The van der Waals surface area contributed by atoms with Crippen molar-refractivity contribution in [3.63, 3.8) is 0 Å². The second-order valence-electron chi connectivity index (χ2n) is 4.04. The highest BCUT2D eigenvalue weighted by Crippen LogP contribution is 2.37. The number of hydrogen-bond donors (Lipinski definition) is 0. The van der Waals surface area contributed by atoms with Crippen molar-refractivity contribution in [2.24, 2.45) is 0 Å². The molecule has 0 heterocycles. The van der Waals surface area contributed by atoms with Gasteiger partial charge in [-0.25, -0.2) is 0 Å². The summed E-state index contributed by atoms with van der Waals surface area (Å²) in [6, 6.07) is 0. The third kappa shape index (κ3) is 3.31. The van der Waals surface area contributed by atoms with Gasteiger partial charge < -0.3 is 9.47 Å². The number of esters is 2. The zero-order valence-corrected chi connectivity index (χ0v) is 12.9. The second kappa shape index (κ2) is 5.52. The van der Waals surface area contributed by atoms with Gasteiger partial charge in [-0.3, -0.25) is 9.59 Å². The van der Waals surface area contributed by atoms with Crippen molar-refractivity contribution in [1.82, 2.24) is 0 Å². The van der Waals surface area contributed by atoms with E-state index in [4.69, 9.17) is 9.47 Å². The zero-order chi connectivity index (χ0) is 13.2. The predicted octanol–water partition coefficient (Wildman–Crippen LogP) is 2.34. The topological polar surface area (TPSA) is 52.6 Å². The number of hydrogen-bond acceptors (Lipinski definition) is 4. The molecule has 1 aliphatic carbocycles. The number of ether oxygens (including phenoxy) is 2. The highest BCUT2D eigenvalue weighted by molar-refractivity contribution is 9.10. The van der Waals surface area contributed by atoms with E-state index in [1.54, 1.807) is 6.92 Å². The molecule has 0 aromatic carbocycles. The Morgan fingerprint density at radius 3 is 2.24 bits per heavy atom. The van der Waals surface area contributed by atoms with Crippen LogP contribution < -0.4 is 0 Å². The van der Waals surface area contributed by atoms with E-state index in [1.165, 1.54) is 13.8 Å². The minimum Gasteiger partial charge on any atom is -0.457 e. The van der Waals surface area contributed by atoms with E-state index in [-0.39, 0.29) is 9.65 Å². The molecule has 0 N–H and O–H groups in total. The monoisotopic (exact) mass is 368 g/mol. The van der Waals surface area contributed by atoms with Crippen molar-refractivity contribution in [2.45, 2.75) is 42.1 Å². The molecule has 4 nitrogen and oxygen atoms in total. The van der Waals surface area contributed by atoms with Crippen LogP contribution in [-0.2, 0) is 19.1 Å². The molecule has 0 radical (unpaired) electrons. The molecular weight excluding hydrogens is 356 g/mol. The summed E-state index contributed by atoms with van der Waals surface area (Å²) in [5.74, 6) is -0.822. The summed E-state index contributed by atoms with van der Waals surface area (Å²) in [4.78, 5) is 21.9. The lowest BCUT2D eigenvalue weighted by Gasteiger charge is -2.42. The van der Waals surface area contributed by atoms with Gasteiger partial charge in [-0.05, 0) is 6.92 Å². The third-order valence-electron chi connectivity index (χ3n) is 2.52. The molecule has 0 saturated heterocycles. The molecule has 1 aliphatic rings. The lowest BCUT2D eigenvalue weighted by molar-refractivity contribution is -0.179. The van der Waals surface area contributed by atoms with E-state index >= 15 is 0 Å². The van der Waals surface area contributed by atoms with Crippen molar-refractivity contribution in [2.75, 3.05) is 0 Å². The van der Waals surface area contributed by atoms with E-state index in [1.807, 2.05) is 12.2 Å². The van der Waals surface area contributed by atoms with Gasteiger partial charge in [0.15, 0.2) is 11.7 Å². The van der Waals surface area contributed by atoms with Gasteiger partial charge in [0.25, 0.3) is 0 Å². The van der Waals surface area contributed by atoms with Crippen LogP contribution in [0.4, 0.5) is 0 Å². The highest BCUT2D eigenvalue weighted by Gasteiger charge is 2.49. The van der Waals surface area contributed by atoms with Crippen molar-refractivity contribution in [1.29, 1.82) is 0 Å². The van der Waals surface area contributed by atoms with Gasteiger partial charge in [0.05, 0.1) is 9.65 Å². The van der Waals surface area contributed by atoms with Crippen LogP contribution >= 0.6 is 31.9 Å². The number of carbonyl (C=O) groups excluding carboxylic acids is 2. The molecule has 0 aliphatic heterocycles. The van der Waals surface area contributed by atoms with E-state index < -0.39 is 23.6 Å². The van der Waals surface area contributed by atoms with Gasteiger partial charge >= 0.3 is 11.9 Å². The van der Waals surface area contributed by atoms with E-state index in [0.29, 0.717) is 0 Å². The van der Waals surface area contributed by atoms with E-state index in [9.17, 15) is 9.59 Å². The fraction of sp³-hybridized carbons (Fsp3) is 0.636. The maximum atomic E-state index is 11.2. The lowest BCUT2D eigenvalue weighted by Crippen LogP contribution is -2.56. The average Bonchev–Trinajstić information content (AvgIpc) is 2.18. The van der Waals surface area contributed by atoms with Crippen LogP contribution in [0.1, 0.15) is 20.8 Å². The summed E-state index contributed by atoms with van der Waals surface area (Å²) in [5.41, 5.74) is -0.930. The summed E-state index contributed by atoms with van der Waals surface area (Å²) < 4.78 is 10.6. The Kier molecular flexibility index (Phi) is 4.77. The number of carbonyl (C=O) groups is 2. The van der Waals surface area contributed by atoms with Gasteiger partial charge in [-0.2, -0.15) is 0 Å². The molecule has 0 aromatic heterocycles. The lowest BCUT2D eigenvalue weighted by atomic mass is 9.87. The molecule has 0 unspecified atom stereocenters. The maximum absolute atomic E-state index is 11.2. The maximum Gasteiger partial charge on any atom is 0.303 e. The molecule has 0 fully saturated rings. The Hall–Kier alpha value is -0.360. The Morgan fingerprint density at radius 2 is 1.76 bits per heavy atom. The molecule has 17 heavy (non-hydrogen) atoms. The van der Waals surface area contributed by atoms with Crippen LogP contribution in [0.3, 0.4) is 0 Å². The van der Waals surface area contributed by atoms with Crippen molar-refractivity contribution in [3.8, 4) is 0 Å². The van der Waals surface area contributed by atoms with Crippen LogP contribution in [0.5, 0.6) is 0 Å². The van der Waals surface area contributed by atoms with Crippen molar-refractivity contribution < 1.29 is 19.1 Å². The summed E-state index contributed by atoms with van der Waals surface area (Å²) in [7, 11) is 0. The summed E-state index contributed by atoms with van der Waals surface area (Å²) >= 11 is 6.82. The Bertz CT molecular complexity index is 355. The summed E-state index contributed by atoms with van der Waals surface area (Å²) in [6.07, 6.45) is 3.15. The van der Waals surface area contributed by atoms with Crippen LogP contribution in [0.15, 0.2) is 12.2 Å². The first kappa shape index (κ1) is 14.7. The molecule has 4 atom stereocenters. The first-order chi connectivity index (χ1) is 7.77. The first-order valence-corrected chi connectivity index (χ1v) is 6.93. The SMILES string of the molecule is CC(=O)O[C@@H]1[C@@H](Br)C=C[C@H](Br)[C@@]1(C)OC(C)=O. The van der Waals surface area contributed by atoms with E-state index in [0.717, 1.165) is 0 Å². The molecule has 0 saturated carbocycles. The first-order valence-electron chi connectivity index (χ1n) is 5.10. The van der Waals surface area contributed by atoms with Crippen LogP contribution in [0.2, 0.25) is 0 Å². The van der Waals surface area contributed by atoms with Crippen molar-refractivity contribution in [3.05, 3.63) is 12.2 Å². The fourth-order valence-corrected chi connectivity index (χ4v) is 3.09. The molecule has 6 heteroatoms. The Morgan fingerprint density at radius 1 is 1.18 bits per heavy atom. The smallest absolute Gasteiger partial charge is 0.303 e.